The van der Waals surface area contributed by atoms with E-state index in [1.807, 2.05) is 85.8 Å². The maximum Gasteiger partial charge on any atom is 0.237 e. The van der Waals surface area contributed by atoms with Crippen molar-refractivity contribution in [3.05, 3.63) is 78.9 Å². The highest BCUT2D eigenvalue weighted by atomic mass is 32.2. The number of nitrogens with zero attached hydrogens (tertiary/aromatic N) is 4. The van der Waals surface area contributed by atoms with Gasteiger partial charge in [-0.2, -0.15) is 4.68 Å². The number of para-hydroxylation sites is 3. The molecule has 0 fully saturated rings. The highest BCUT2D eigenvalue weighted by Crippen LogP contribution is 2.30. The van der Waals surface area contributed by atoms with E-state index in [2.05, 4.69) is 20.8 Å². The van der Waals surface area contributed by atoms with Crippen LogP contribution in [0.5, 0.6) is 5.75 Å². The highest BCUT2D eigenvalue weighted by molar-refractivity contribution is 8.00. The molecule has 4 rings (SSSR count). The molecule has 4 aromatic rings. The molecule has 31 heavy (non-hydrogen) atoms. The van der Waals surface area contributed by atoms with Gasteiger partial charge in [0.15, 0.2) is 0 Å². The van der Waals surface area contributed by atoms with Crippen molar-refractivity contribution in [1.82, 2.24) is 20.2 Å². The lowest BCUT2D eigenvalue weighted by atomic mass is 10.0. The van der Waals surface area contributed by atoms with Crippen LogP contribution in [0.3, 0.4) is 0 Å². The Hall–Kier alpha value is -3.65. The predicted molar refractivity (Wildman–Crippen MR) is 122 cm³/mol. The fourth-order valence-corrected chi connectivity index (χ4v) is 3.92. The SMILES string of the molecule is COc1ccccc1-n1nnnc1S[C@H](C)C(=O)Nc1ccccc1-c1ccccc1. The van der Waals surface area contributed by atoms with Gasteiger partial charge in [-0.25, -0.2) is 0 Å². The molecular weight excluding hydrogens is 410 g/mol. The lowest BCUT2D eigenvalue weighted by molar-refractivity contribution is -0.115. The molecule has 8 heteroatoms. The minimum Gasteiger partial charge on any atom is -0.494 e. The maximum absolute atomic E-state index is 13.0. The number of amides is 1. The van der Waals surface area contributed by atoms with Gasteiger partial charge in [0, 0.05) is 11.3 Å². The van der Waals surface area contributed by atoms with Gasteiger partial charge in [-0.15, -0.1) is 5.10 Å². The minimum absolute atomic E-state index is 0.136. The summed E-state index contributed by atoms with van der Waals surface area (Å²) in [5.74, 6) is 0.508. The van der Waals surface area contributed by atoms with E-state index in [9.17, 15) is 4.79 Å². The Kier molecular flexibility index (Phi) is 6.28. The van der Waals surface area contributed by atoms with Crippen molar-refractivity contribution >= 4 is 23.4 Å². The fraction of sp³-hybridized carbons (Fsp3) is 0.130. The number of carbonyl (C=O) groups is 1. The lowest BCUT2D eigenvalue weighted by Crippen LogP contribution is -2.23. The molecule has 0 spiro atoms. The minimum atomic E-state index is -0.428. The van der Waals surface area contributed by atoms with Gasteiger partial charge in [-0.3, -0.25) is 4.79 Å². The molecule has 0 aliphatic rings. The predicted octanol–water partition coefficient (Wildman–Crippen LogP) is 4.46. The molecule has 0 radical (unpaired) electrons. The summed E-state index contributed by atoms with van der Waals surface area (Å²) in [6, 6.07) is 25.2. The van der Waals surface area contributed by atoms with E-state index in [1.165, 1.54) is 11.8 Å². The summed E-state index contributed by atoms with van der Waals surface area (Å²) in [6.45, 7) is 1.83. The Bertz CT molecular complexity index is 1180. The topological polar surface area (TPSA) is 81.9 Å². The number of carbonyl (C=O) groups excluding carboxylic acids is 1. The number of aromatic nitrogens is 4. The third-order valence-electron chi connectivity index (χ3n) is 4.68. The zero-order chi connectivity index (χ0) is 21.6. The summed E-state index contributed by atoms with van der Waals surface area (Å²) in [6.07, 6.45) is 0. The number of rotatable bonds is 7. The number of methoxy groups -OCH3 is 1. The molecule has 156 valence electrons. The van der Waals surface area contributed by atoms with Gasteiger partial charge >= 0.3 is 0 Å². The average Bonchev–Trinajstić information content (AvgIpc) is 3.27. The standard InChI is InChI=1S/C23H21N5O2S/c1-16(31-23-25-26-27-28(23)20-14-8-9-15-21(20)30-2)22(29)24-19-13-7-6-12-18(19)17-10-4-3-5-11-17/h3-16H,1-2H3,(H,24,29)/t16-/m1/s1. The fourth-order valence-electron chi connectivity index (χ4n) is 3.12. The summed E-state index contributed by atoms with van der Waals surface area (Å²) >= 11 is 1.28. The van der Waals surface area contributed by atoms with Crippen LogP contribution in [0.15, 0.2) is 84.0 Å². The van der Waals surface area contributed by atoms with E-state index < -0.39 is 5.25 Å². The quantitative estimate of drug-likeness (QED) is 0.435. The first-order chi connectivity index (χ1) is 15.2. The van der Waals surface area contributed by atoms with Gasteiger partial charge in [0.25, 0.3) is 0 Å². The Morgan fingerprint density at radius 2 is 1.71 bits per heavy atom. The summed E-state index contributed by atoms with van der Waals surface area (Å²) < 4.78 is 6.98. The number of thioether (sulfide) groups is 1. The Balaban J connectivity index is 1.52. The summed E-state index contributed by atoms with van der Waals surface area (Å²) in [5, 5.41) is 15.1. The van der Waals surface area contributed by atoms with Crippen molar-refractivity contribution in [2.24, 2.45) is 0 Å². The van der Waals surface area contributed by atoms with Crippen LogP contribution in [0.2, 0.25) is 0 Å². The van der Waals surface area contributed by atoms with Crippen molar-refractivity contribution in [2.45, 2.75) is 17.3 Å². The molecule has 1 heterocycles. The summed E-state index contributed by atoms with van der Waals surface area (Å²) in [7, 11) is 1.59. The number of ether oxygens (including phenoxy) is 1. The average molecular weight is 432 g/mol. The molecule has 0 saturated heterocycles. The van der Waals surface area contributed by atoms with Crippen molar-refractivity contribution in [3.63, 3.8) is 0 Å². The second-order valence-electron chi connectivity index (χ2n) is 6.71. The number of tetrazole rings is 1. The van der Waals surface area contributed by atoms with Crippen LogP contribution in [0.1, 0.15) is 6.92 Å². The van der Waals surface area contributed by atoms with Crippen LogP contribution in [0.4, 0.5) is 5.69 Å². The first kappa shape index (κ1) is 20.6. The van der Waals surface area contributed by atoms with Gasteiger partial charge in [0.05, 0.1) is 12.4 Å². The van der Waals surface area contributed by atoms with E-state index in [0.717, 1.165) is 16.8 Å². The monoisotopic (exact) mass is 431 g/mol. The number of hydrogen-bond donors (Lipinski definition) is 1. The maximum atomic E-state index is 13.0. The van der Waals surface area contributed by atoms with E-state index in [1.54, 1.807) is 11.8 Å². The Morgan fingerprint density at radius 1 is 1.00 bits per heavy atom. The van der Waals surface area contributed by atoms with Gasteiger partial charge in [0.2, 0.25) is 11.1 Å². The van der Waals surface area contributed by atoms with Gasteiger partial charge in [-0.1, -0.05) is 72.4 Å². The Labute approximate surface area is 184 Å². The van der Waals surface area contributed by atoms with Crippen molar-refractivity contribution in [3.8, 4) is 22.6 Å². The molecule has 3 aromatic carbocycles. The third-order valence-corrected chi connectivity index (χ3v) is 5.71. The zero-order valence-electron chi connectivity index (χ0n) is 17.1. The van der Waals surface area contributed by atoms with Crippen LogP contribution in [0.25, 0.3) is 16.8 Å². The molecule has 1 amide bonds. The van der Waals surface area contributed by atoms with Crippen LogP contribution >= 0.6 is 11.8 Å². The first-order valence-corrected chi connectivity index (χ1v) is 10.6. The molecule has 1 N–H and O–H groups in total. The normalized spacial score (nSPS) is 11.7. The van der Waals surface area contributed by atoms with Gasteiger partial charge in [-0.05, 0) is 41.1 Å². The number of benzene rings is 3. The van der Waals surface area contributed by atoms with Crippen LogP contribution in [-0.4, -0.2) is 38.5 Å². The largest absolute Gasteiger partial charge is 0.494 e. The second kappa shape index (κ2) is 9.44. The van der Waals surface area contributed by atoms with Crippen LogP contribution < -0.4 is 10.1 Å². The van der Waals surface area contributed by atoms with Crippen LogP contribution in [0, 0.1) is 0 Å². The molecule has 0 bridgehead atoms. The van der Waals surface area contributed by atoms with E-state index in [0.29, 0.717) is 16.6 Å². The van der Waals surface area contributed by atoms with E-state index in [4.69, 9.17) is 4.74 Å². The van der Waals surface area contributed by atoms with Gasteiger partial charge in [0.1, 0.15) is 11.4 Å². The van der Waals surface area contributed by atoms with E-state index in [-0.39, 0.29) is 5.91 Å². The van der Waals surface area contributed by atoms with Crippen molar-refractivity contribution in [1.29, 1.82) is 0 Å². The molecule has 0 aliphatic carbocycles. The van der Waals surface area contributed by atoms with Crippen molar-refractivity contribution < 1.29 is 9.53 Å². The molecule has 0 aliphatic heterocycles. The molecular formula is C23H21N5O2S. The van der Waals surface area contributed by atoms with E-state index >= 15 is 0 Å². The molecule has 0 unspecified atom stereocenters. The zero-order valence-corrected chi connectivity index (χ0v) is 17.9. The molecule has 1 atom stereocenters. The number of hydrogen-bond acceptors (Lipinski definition) is 6. The number of anilines is 1. The summed E-state index contributed by atoms with van der Waals surface area (Å²) in [4.78, 5) is 13.0. The third kappa shape index (κ3) is 4.59. The second-order valence-corrected chi connectivity index (χ2v) is 8.01. The summed E-state index contributed by atoms with van der Waals surface area (Å²) in [5.41, 5.74) is 3.47. The number of nitrogens with one attached hydrogen (secondary N) is 1. The Morgan fingerprint density at radius 3 is 2.52 bits per heavy atom. The smallest absolute Gasteiger partial charge is 0.237 e. The lowest BCUT2D eigenvalue weighted by Gasteiger charge is -2.15. The van der Waals surface area contributed by atoms with Gasteiger partial charge < -0.3 is 10.1 Å². The molecule has 7 nitrogen and oxygen atoms in total. The molecule has 1 aromatic heterocycles. The van der Waals surface area contributed by atoms with Crippen LogP contribution in [-0.2, 0) is 4.79 Å². The first-order valence-electron chi connectivity index (χ1n) is 9.71. The highest BCUT2D eigenvalue weighted by Gasteiger charge is 2.21. The molecule has 0 saturated carbocycles. The van der Waals surface area contributed by atoms with Crippen molar-refractivity contribution in [2.75, 3.05) is 12.4 Å².